The van der Waals surface area contributed by atoms with E-state index in [0.717, 1.165) is 48.1 Å². The van der Waals surface area contributed by atoms with Crippen molar-refractivity contribution in [2.24, 2.45) is 0 Å². The smallest absolute Gasteiger partial charge is 0.281 e. The molecule has 3 aromatic rings. The van der Waals surface area contributed by atoms with E-state index in [2.05, 4.69) is 0 Å². The Hall–Kier alpha value is -3.65. The molecule has 0 spiro atoms. The molecule has 2 saturated heterocycles. The zero-order chi connectivity index (χ0) is 25.2. The molecule has 2 fully saturated rings. The number of anilines is 1. The first kappa shape index (κ1) is 24.1. The van der Waals surface area contributed by atoms with E-state index in [4.69, 9.17) is 17.0 Å². The van der Waals surface area contributed by atoms with E-state index in [1.165, 1.54) is 11.3 Å². The average molecular weight is 503 g/mol. The highest BCUT2D eigenvalue weighted by molar-refractivity contribution is 7.80. The van der Waals surface area contributed by atoms with E-state index in [-0.39, 0.29) is 18.4 Å². The maximum absolute atomic E-state index is 13.5. The molecule has 3 heterocycles. The van der Waals surface area contributed by atoms with E-state index in [9.17, 15) is 9.59 Å². The van der Waals surface area contributed by atoms with Crippen LogP contribution in [0.25, 0.3) is 17.0 Å². The van der Waals surface area contributed by atoms with Gasteiger partial charge in [0.1, 0.15) is 18.0 Å². The van der Waals surface area contributed by atoms with E-state index in [1.807, 2.05) is 77.2 Å². The number of amides is 2. The van der Waals surface area contributed by atoms with Gasteiger partial charge in [-0.3, -0.25) is 14.5 Å². The first-order valence-corrected chi connectivity index (χ1v) is 12.8. The minimum Gasteiger partial charge on any atom is -0.494 e. The highest BCUT2D eigenvalue weighted by atomic mass is 32.1. The minimum atomic E-state index is -0.187. The van der Waals surface area contributed by atoms with Crippen LogP contribution in [0.3, 0.4) is 0 Å². The van der Waals surface area contributed by atoms with Gasteiger partial charge >= 0.3 is 0 Å². The monoisotopic (exact) mass is 502 g/mol. The van der Waals surface area contributed by atoms with Crippen molar-refractivity contribution in [1.82, 2.24) is 14.4 Å². The summed E-state index contributed by atoms with van der Waals surface area (Å²) in [6.45, 7) is 4.44. The van der Waals surface area contributed by atoms with Gasteiger partial charge in [0.15, 0.2) is 5.11 Å². The van der Waals surface area contributed by atoms with Gasteiger partial charge in [0.2, 0.25) is 5.91 Å². The third kappa shape index (κ3) is 4.48. The number of rotatable bonds is 6. The van der Waals surface area contributed by atoms with Crippen LogP contribution >= 0.6 is 12.2 Å². The number of benzene rings is 2. The Balaban J connectivity index is 1.45. The summed E-state index contributed by atoms with van der Waals surface area (Å²) in [5.74, 6) is 0.689. The van der Waals surface area contributed by atoms with Crippen molar-refractivity contribution in [1.29, 1.82) is 0 Å². The molecule has 0 N–H and O–H groups in total. The van der Waals surface area contributed by atoms with Gasteiger partial charge in [-0.25, -0.2) is 0 Å². The molecule has 36 heavy (non-hydrogen) atoms. The Morgan fingerprint density at radius 3 is 2.50 bits per heavy atom. The third-order valence-corrected chi connectivity index (χ3v) is 7.25. The second kappa shape index (κ2) is 10.1. The number of hydrogen-bond acceptors (Lipinski definition) is 4. The summed E-state index contributed by atoms with van der Waals surface area (Å²) >= 11 is 5.63. The summed E-state index contributed by atoms with van der Waals surface area (Å²) in [6, 6.07) is 15.3. The highest BCUT2D eigenvalue weighted by Crippen LogP contribution is 2.31. The number of fused-ring (bicyclic) bond motifs is 1. The Morgan fingerprint density at radius 1 is 1.06 bits per heavy atom. The molecular weight excluding hydrogens is 472 g/mol. The normalized spacial score (nSPS) is 17.5. The summed E-state index contributed by atoms with van der Waals surface area (Å²) in [5, 5.41) is 1.41. The summed E-state index contributed by atoms with van der Waals surface area (Å²) < 4.78 is 7.51. The second-order valence-electron chi connectivity index (χ2n) is 9.11. The number of piperidine rings is 1. The molecule has 0 unspecified atom stereocenters. The molecule has 186 valence electrons. The zero-order valence-electron chi connectivity index (χ0n) is 20.6. The molecule has 0 atom stereocenters. The molecule has 7 nitrogen and oxygen atoms in total. The van der Waals surface area contributed by atoms with Crippen LogP contribution in [0, 0.1) is 0 Å². The molecule has 1 aromatic heterocycles. The standard InChI is InChI=1S/C28H30N4O3S/c1-3-35-22-13-11-21(12-14-22)32-27(34)25(29(2)28(32)36)17-20-18-31(24-10-6-5-9-23(20)24)19-26(33)30-15-7-4-8-16-30/h5-6,9-14,17-18H,3-4,7-8,15-16,19H2,1-2H3/b25-17-. The van der Waals surface area contributed by atoms with E-state index >= 15 is 0 Å². The number of ether oxygens (including phenoxy) is 1. The lowest BCUT2D eigenvalue weighted by Crippen LogP contribution is -2.37. The van der Waals surface area contributed by atoms with Crippen molar-refractivity contribution in [3.8, 4) is 5.75 Å². The van der Waals surface area contributed by atoms with Crippen molar-refractivity contribution >= 4 is 51.8 Å². The van der Waals surface area contributed by atoms with Crippen LogP contribution in [-0.4, -0.2) is 58.0 Å². The van der Waals surface area contributed by atoms with Gasteiger partial charge < -0.3 is 19.1 Å². The topological polar surface area (TPSA) is 58.0 Å². The van der Waals surface area contributed by atoms with E-state index in [0.29, 0.717) is 23.1 Å². The van der Waals surface area contributed by atoms with Gasteiger partial charge in [-0.15, -0.1) is 0 Å². The van der Waals surface area contributed by atoms with Crippen molar-refractivity contribution in [2.75, 3.05) is 31.6 Å². The van der Waals surface area contributed by atoms with Crippen LogP contribution in [0.2, 0.25) is 0 Å². The molecule has 0 bridgehead atoms. The van der Waals surface area contributed by atoms with Crippen LogP contribution in [0.5, 0.6) is 5.75 Å². The van der Waals surface area contributed by atoms with Crippen LogP contribution in [0.1, 0.15) is 31.7 Å². The highest BCUT2D eigenvalue weighted by Gasteiger charge is 2.37. The Bertz CT molecular complexity index is 1340. The summed E-state index contributed by atoms with van der Waals surface area (Å²) in [6.07, 6.45) is 7.14. The number of carbonyl (C=O) groups excluding carboxylic acids is 2. The quantitative estimate of drug-likeness (QED) is 0.363. The number of para-hydroxylation sites is 1. The Labute approximate surface area is 216 Å². The van der Waals surface area contributed by atoms with Crippen LogP contribution in [-0.2, 0) is 16.1 Å². The maximum atomic E-state index is 13.5. The van der Waals surface area contributed by atoms with Gasteiger partial charge in [0.05, 0.1) is 12.3 Å². The van der Waals surface area contributed by atoms with Crippen LogP contribution in [0.15, 0.2) is 60.4 Å². The van der Waals surface area contributed by atoms with Gasteiger partial charge in [-0.1, -0.05) is 18.2 Å². The summed E-state index contributed by atoms with van der Waals surface area (Å²) in [7, 11) is 1.81. The fourth-order valence-corrected chi connectivity index (χ4v) is 5.19. The predicted octanol–water partition coefficient (Wildman–Crippen LogP) is 4.66. The zero-order valence-corrected chi connectivity index (χ0v) is 21.5. The lowest BCUT2D eigenvalue weighted by molar-refractivity contribution is -0.132. The molecule has 0 aliphatic carbocycles. The number of nitrogens with zero attached hydrogens (tertiary/aromatic N) is 4. The number of likely N-dealkylation sites (N-methyl/N-ethyl adjacent to an activating group) is 1. The first-order valence-electron chi connectivity index (χ1n) is 12.4. The molecule has 2 aliphatic rings. The molecule has 2 aromatic carbocycles. The van der Waals surface area contributed by atoms with Crippen molar-refractivity contribution in [3.05, 3.63) is 66.0 Å². The first-order chi connectivity index (χ1) is 17.5. The minimum absolute atomic E-state index is 0.131. The van der Waals surface area contributed by atoms with Gasteiger partial charge in [0, 0.05) is 42.8 Å². The number of likely N-dealkylation sites (tertiary alicyclic amines) is 1. The van der Waals surface area contributed by atoms with E-state index in [1.54, 1.807) is 11.9 Å². The molecule has 0 saturated carbocycles. The summed E-state index contributed by atoms with van der Waals surface area (Å²) in [5.41, 5.74) is 3.02. The Morgan fingerprint density at radius 2 is 1.78 bits per heavy atom. The fourth-order valence-electron chi connectivity index (χ4n) is 4.90. The van der Waals surface area contributed by atoms with Gasteiger partial charge in [0.25, 0.3) is 5.91 Å². The molecule has 8 heteroatoms. The number of carbonyl (C=O) groups is 2. The van der Waals surface area contributed by atoms with E-state index < -0.39 is 0 Å². The van der Waals surface area contributed by atoms with Crippen molar-refractivity contribution in [2.45, 2.75) is 32.7 Å². The lowest BCUT2D eigenvalue weighted by Gasteiger charge is -2.27. The van der Waals surface area contributed by atoms with Crippen molar-refractivity contribution in [3.63, 3.8) is 0 Å². The predicted molar refractivity (Wildman–Crippen MR) is 146 cm³/mol. The maximum Gasteiger partial charge on any atom is 0.281 e. The largest absolute Gasteiger partial charge is 0.494 e. The molecular formula is C28H30N4O3S. The van der Waals surface area contributed by atoms with Gasteiger partial charge in [-0.2, -0.15) is 0 Å². The number of hydrogen-bond donors (Lipinski definition) is 0. The Kier molecular flexibility index (Phi) is 6.78. The van der Waals surface area contributed by atoms with Gasteiger partial charge in [-0.05, 0) is 74.8 Å². The number of aromatic nitrogens is 1. The SMILES string of the molecule is CCOc1ccc(N2C(=O)/C(=C/c3cn(CC(=O)N4CCCCC4)c4ccccc34)N(C)C2=S)cc1. The molecule has 2 amide bonds. The lowest BCUT2D eigenvalue weighted by atomic mass is 10.1. The molecule has 5 rings (SSSR count). The average Bonchev–Trinajstić information content (AvgIpc) is 3.35. The fraction of sp³-hybridized carbons (Fsp3) is 0.321. The second-order valence-corrected chi connectivity index (χ2v) is 9.47. The van der Waals surface area contributed by atoms with Crippen LogP contribution < -0.4 is 9.64 Å². The molecule has 0 radical (unpaired) electrons. The third-order valence-electron chi connectivity index (χ3n) is 6.79. The van der Waals surface area contributed by atoms with Crippen LogP contribution in [0.4, 0.5) is 5.69 Å². The molecule has 2 aliphatic heterocycles. The summed E-state index contributed by atoms with van der Waals surface area (Å²) in [4.78, 5) is 31.7. The van der Waals surface area contributed by atoms with Crippen molar-refractivity contribution < 1.29 is 14.3 Å². The number of thiocarbonyl (C=S) groups is 1.